The van der Waals surface area contributed by atoms with Crippen molar-refractivity contribution < 1.29 is 4.79 Å². The van der Waals surface area contributed by atoms with Crippen LogP contribution in [0.5, 0.6) is 0 Å². The minimum absolute atomic E-state index is 0.267. The molecule has 0 saturated heterocycles. The minimum Gasteiger partial charge on any atom is -0.347 e. The van der Waals surface area contributed by atoms with Gasteiger partial charge in [-0.3, -0.25) is 4.79 Å². The molecule has 0 aliphatic rings. The van der Waals surface area contributed by atoms with E-state index in [1.54, 1.807) is 12.1 Å². The summed E-state index contributed by atoms with van der Waals surface area (Å²) in [6, 6.07) is 19.2. The van der Waals surface area contributed by atoms with Crippen molar-refractivity contribution in [3.8, 4) is 11.4 Å². The molecule has 2 aromatic carbocycles. The highest BCUT2D eigenvalue weighted by atomic mass is 16.1. The number of anilines is 2. The molecule has 0 aliphatic carbocycles. The third kappa shape index (κ3) is 4.33. The molecule has 3 rings (SSSR count). The average Bonchev–Trinajstić information content (AvgIpc) is 2.68. The van der Waals surface area contributed by atoms with Crippen molar-refractivity contribution in [1.29, 1.82) is 0 Å². The molecule has 1 heterocycles. The zero-order valence-corrected chi connectivity index (χ0v) is 14.6. The highest BCUT2D eigenvalue weighted by molar-refractivity contribution is 5.93. The van der Waals surface area contributed by atoms with Crippen LogP contribution in [0.25, 0.3) is 11.4 Å². The van der Waals surface area contributed by atoms with Crippen LogP contribution in [0.15, 0.2) is 73.3 Å². The fourth-order valence-electron chi connectivity index (χ4n) is 2.38. The fraction of sp³-hybridized carbons (Fsp3) is 0.0952. The molecule has 0 aliphatic heterocycles. The molecule has 1 aromatic heterocycles. The van der Waals surface area contributed by atoms with Crippen LogP contribution < -0.4 is 10.6 Å². The number of carbonyl (C=O) groups excluding carboxylic acids is 1. The highest BCUT2D eigenvalue weighted by Gasteiger charge is 2.12. The van der Waals surface area contributed by atoms with Gasteiger partial charge in [-0.15, -0.1) is 6.58 Å². The molecule has 3 aromatic rings. The molecule has 0 bridgehead atoms. The van der Waals surface area contributed by atoms with E-state index >= 15 is 0 Å². The number of amides is 1. The third-order valence-corrected chi connectivity index (χ3v) is 3.72. The van der Waals surface area contributed by atoms with Crippen LogP contribution in [-0.2, 0) is 0 Å². The zero-order valence-electron chi connectivity index (χ0n) is 14.6. The van der Waals surface area contributed by atoms with Crippen molar-refractivity contribution in [3.05, 3.63) is 84.6 Å². The first-order valence-electron chi connectivity index (χ1n) is 8.33. The van der Waals surface area contributed by atoms with Crippen molar-refractivity contribution >= 4 is 17.4 Å². The molecular formula is C21H20N4O. The van der Waals surface area contributed by atoms with Gasteiger partial charge in [-0.2, -0.15) is 0 Å². The van der Waals surface area contributed by atoms with Crippen molar-refractivity contribution in [2.75, 3.05) is 11.9 Å². The normalized spacial score (nSPS) is 10.2. The molecule has 5 heteroatoms. The van der Waals surface area contributed by atoms with Crippen LogP contribution in [0.3, 0.4) is 0 Å². The van der Waals surface area contributed by atoms with Gasteiger partial charge < -0.3 is 10.6 Å². The quantitative estimate of drug-likeness (QED) is 0.660. The van der Waals surface area contributed by atoms with Crippen LogP contribution >= 0.6 is 0 Å². The highest BCUT2D eigenvalue weighted by Crippen LogP contribution is 2.21. The Balaban J connectivity index is 1.98. The Labute approximate surface area is 152 Å². The Bertz CT molecular complexity index is 905. The Morgan fingerprint density at radius 3 is 2.50 bits per heavy atom. The average molecular weight is 344 g/mol. The maximum absolute atomic E-state index is 12.4. The summed E-state index contributed by atoms with van der Waals surface area (Å²) in [5.41, 5.74) is 3.21. The number of hydrogen-bond donors (Lipinski definition) is 2. The van der Waals surface area contributed by atoms with Crippen molar-refractivity contribution in [3.63, 3.8) is 0 Å². The lowest BCUT2D eigenvalue weighted by Gasteiger charge is -2.10. The van der Waals surface area contributed by atoms with Gasteiger partial charge in [0.2, 0.25) is 0 Å². The number of aromatic nitrogens is 2. The zero-order chi connectivity index (χ0) is 18.4. The van der Waals surface area contributed by atoms with Gasteiger partial charge in [0.25, 0.3) is 5.91 Å². The lowest BCUT2D eigenvalue weighted by atomic mass is 10.2. The molecule has 1 amide bonds. The van der Waals surface area contributed by atoms with Crippen molar-refractivity contribution in [2.45, 2.75) is 6.92 Å². The molecule has 26 heavy (non-hydrogen) atoms. The molecule has 0 radical (unpaired) electrons. The molecule has 5 nitrogen and oxygen atoms in total. The largest absolute Gasteiger partial charge is 0.347 e. The van der Waals surface area contributed by atoms with Crippen LogP contribution in [0.1, 0.15) is 16.1 Å². The Hall–Kier alpha value is -3.47. The molecule has 130 valence electrons. The number of nitrogens with one attached hydrogen (secondary N) is 2. The van der Waals surface area contributed by atoms with Gasteiger partial charge in [-0.1, -0.05) is 54.1 Å². The summed E-state index contributed by atoms with van der Waals surface area (Å²) in [4.78, 5) is 21.3. The maximum atomic E-state index is 12.4. The second kappa shape index (κ2) is 8.07. The van der Waals surface area contributed by atoms with E-state index in [4.69, 9.17) is 0 Å². The second-order valence-corrected chi connectivity index (χ2v) is 5.82. The fourth-order valence-corrected chi connectivity index (χ4v) is 2.38. The summed E-state index contributed by atoms with van der Waals surface area (Å²) < 4.78 is 0. The monoisotopic (exact) mass is 344 g/mol. The Kier molecular flexibility index (Phi) is 5.39. The minimum atomic E-state index is -0.267. The van der Waals surface area contributed by atoms with E-state index in [-0.39, 0.29) is 5.91 Å². The van der Waals surface area contributed by atoms with Crippen LogP contribution in [0.2, 0.25) is 0 Å². The van der Waals surface area contributed by atoms with E-state index in [1.165, 1.54) is 5.56 Å². The van der Waals surface area contributed by atoms with Crippen LogP contribution in [0.4, 0.5) is 11.5 Å². The summed E-state index contributed by atoms with van der Waals surface area (Å²) >= 11 is 0. The molecular weight excluding hydrogens is 324 g/mol. The number of hydrogen-bond acceptors (Lipinski definition) is 4. The number of aryl methyl sites for hydroxylation is 1. The molecule has 2 N–H and O–H groups in total. The van der Waals surface area contributed by atoms with E-state index in [2.05, 4.69) is 27.2 Å². The van der Waals surface area contributed by atoms with Gasteiger partial charge in [0.15, 0.2) is 5.82 Å². The van der Waals surface area contributed by atoms with Gasteiger partial charge in [0.1, 0.15) is 11.5 Å². The molecule has 0 spiro atoms. The topological polar surface area (TPSA) is 66.9 Å². The number of benzene rings is 2. The van der Waals surface area contributed by atoms with Crippen LogP contribution in [-0.4, -0.2) is 22.4 Å². The lowest BCUT2D eigenvalue weighted by molar-refractivity contribution is 0.0953. The van der Waals surface area contributed by atoms with Gasteiger partial charge >= 0.3 is 0 Å². The lowest BCUT2D eigenvalue weighted by Crippen LogP contribution is -2.24. The van der Waals surface area contributed by atoms with E-state index in [1.807, 2.05) is 61.5 Å². The molecule has 0 atom stereocenters. The van der Waals surface area contributed by atoms with Crippen molar-refractivity contribution in [1.82, 2.24) is 15.3 Å². The van der Waals surface area contributed by atoms with Crippen LogP contribution in [0, 0.1) is 6.92 Å². The Morgan fingerprint density at radius 1 is 1.08 bits per heavy atom. The maximum Gasteiger partial charge on any atom is 0.270 e. The van der Waals surface area contributed by atoms with Crippen molar-refractivity contribution in [2.24, 2.45) is 0 Å². The predicted molar refractivity (Wildman–Crippen MR) is 104 cm³/mol. The number of carbonyl (C=O) groups is 1. The first-order chi connectivity index (χ1) is 12.7. The first kappa shape index (κ1) is 17.4. The van der Waals surface area contributed by atoms with E-state index in [9.17, 15) is 4.79 Å². The summed E-state index contributed by atoms with van der Waals surface area (Å²) in [7, 11) is 0. The summed E-state index contributed by atoms with van der Waals surface area (Å²) in [5, 5.41) is 5.99. The van der Waals surface area contributed by atoms with Gasteiger partial charge in [-0.05, 0) is 19.1 Å². The first-order valence-corrected chi connectivity index (χ1v) is 8.33. The summed E-state index contributed by atoms with van der Waals surface area (Å²) in [6.07, 6.45) is 1.63. The predicted octanol–water partition coefficient (Wildman–Crippen LogP) is 4.11. The molecule has 0 unspecified atom stereocenters. The Morgan fingerprint density at radius 2 is 1.81 bits per heavy atom. The van der Waals surface area contributed by atoms with Gasteiger partial charge in [0, 0.05) is 23.9 Å². The van der Waals surface area contributed by atoms with E-state index in [0.717, 1.165) is 11.3 Å². The number of rotatable bonds is 6. The van der Waals surface area contributed by atoms with E-state index in [0.29, 0.717) is 23.9 Å². The van der Waals surface area contributed by atoms with Gasteiger partial charge in [0.05, 0.1) is 0 Å². The third-order valence-electron chi connectivity index (χ3n) is 3.72. The molecule has 0 fully saturated rings. The SMILES string of the molecule is C=CCNC(=O)c1cc(Nc2ccc(C)cc2)nc(-c2ccccc2)n1. The summed E-state index contributed by atoms with van der Waals surface area (Å²) in [5.74, 6) is 0.786. The standard InChI is InChI=1S/C21H20N4O/c1-3-13-22-21(26)18-14-19(23-17-11-9-15(2)10-12-17)25-20(24-18)16-7-5-4-6-8-16/h3-12,14H,1,13H2,2H3,(H,22,26)(H,23,24,25). The second-order valence-electron chi connectivity index (χ2n) is 5.82. The molecule has 0 saturated carbocycles. The smallest absolute Gasteiger partial charge is 0.270 e. The summed E-state index contributed by atoms with van der Waals surface area (Å²) in [6.45, 7) is 6.02. The van der Waals surface area contributed by atoms with E-state index < -0.39 is 0 Å². The van der Waals surface area contributed by atoms with Gasteiger partial charge in [-0.25, -0.2) is 9.97 Å². The number of nitrogens with zero attached hydrogens (tertiary/aromatic N) is 2.